The molecule has 0 aliphatic heterocycles. The fourth-order valence-corrected chi connectivity index (χ4v) is 3.00. The summed E-state index contributed by atoms with van der Waals surface area (Å²) >= 11 is 5.93. The van der Waals surface area contributed by atoms with Crippen LogP contribution in [-0.4, -0.2) is 15.0 Å². The normalized spacial score (nSPS) is 10.2. The summed E-state index contributed by atoms with van der Waals surface area (Å²) in [4.78, 5) is 15.3. The van der Waals surface area contributed by atoms with Crippen LogP contribution in [0.25, 0.3) is 11.2 Å². The van der Waals surface area contributed by atoms with E-state index in [4.69, 9.17) is 18.4 Å². The van der Waals surface area contributed by atoms with E-state index in [1.807, 2.05) is 0 Å². The smallest absolute Gasteiger partial charge is 0.146 e. The third kappa shape index (κ3) is 5.01. The Labute approximate surface area is 129 Å². The van der Waals surface area contributed by atoms with Crippen LogP contribution in [0.4, 0.5) is 5.95 Å². The summed E-state index contributed by atoms with van der Waals surface area (Å²) in [6.45, 7) is 2.26. The van der Waals surface area contributed by atoms with E-state index in [1.54, 1.807) is 3.93 Å². The second-order valence-corrected chi connectivity index (χ2v) is 6.98. The van der Waals surface area contributed by atoms with Crippen LogP contribution < -0.4 is 10.7 Å². The number of imidazole rings is 1. The Morgan fingerprint density at radius 3 is 2.78 bits per heavy atom. The first-order valence-corrected chi connectivity index (χ1v) is 10.4. The maximum atomic E-state index is 5.33. The molecule has 2 aromatic heterocycles. The zero-order valence-corrected chi connectivity index (χ0v) is 16.9. The number of fused-ring (bicyclic) bond motifs is 1. The molecule has 2 rings (SSSR count). The van der Waals surface area contributed by atoms with Gasteiger partial charge in [-0.2, -0.15) is 0 Å². The molecule has 2 heterocycles. The molecule has 0 spiro atoms. The van der Waals surface area contributed by atoms with Crippen molar-refractivity contribution in [3.8, 4) is 0 Å². The van der Waals surface area contributed by atoms with Crippen LogP contribution in [0.2, 0.25) is 3.93 Å². The molecule has 0 fully saturated rings. The van der Waals surface area contributed by atoms with Crippen molar-refractivity contribution in [3.05, 3.63) is 6.33 Å². The van der Waals surface area contributed by atoms with Gasteiger partial charge in [0, 0.05) is 11.2 Å². The van der Waals surface area contributed by atoms with Crippen LogP contribution in [-0.2, 0) is 38.8 Å². The van der Waals surface area contributed by atoms with Gasteiger partial charge in [-0.25, -0.2) is 0 Å². The van der Waals surface area contributed by atoms with Gasteiger partial charge in [0.15, 0.2) is 0 Å². The van der Waals surface area contributed by atoms with E-state index in [-0.39, 0.29) is 5.95 Å². The molecule has 0 atom stereocenters. The number of unbranched alkanes of at least 4 members (excludes halogenated alkanes) is 3. The molecule has 0 aliphatic rings. The zero-order valence-electron chi connectivity index (χ0n) is 10.6. The average molecular weight is 451 g/mol. The Bertz CT molecular complexity index is 469. The second-order valence-electron chi connectivity index (χ2n) is 3.85. The zero-order chi connectivity index (χ0) is 13.4. The monoisotopic (exact) mass is 452 g/mol. The van der Waals surface area contributed by atoms with Gasteiger partial charge < -0.3 is 33.3 Å². The first-order valence-electron chi connectivity index (χ1n) is 6.06. The topological polar surface area (TPSA) is 78.8 Å². The first kappa shape index (κ1) is 15.6. The van der Waals surface area contributed by atoms with E-state index in [1.165, 1.54) is 32.0 Å². The first-order chi connectivity index (χ1) is 8.69. The van der Waals surface area contributed by atoms with Crippen LogP contribution >= 0.6 is 0 Å². The summed E-state index contributed by atoms with van der Waals surface area (Å²) < 4.78 is 1.56. The van der Waals surface area contributed by atoms with Crippen molar-refractivity contribution in [2.75, 3.05) is 5.73 Å². The molecule has 0 amide bonds. The minimum Gasteiger partial charge on any atom is -0.759 e. The number of rotatable bonds is 4. The molecule has 0 saturated carbocycles. The minimum absolute atomic E-state index is 0.142. The molecule has 95 valence electrons. The minimum atomic E-state index is 0.142. The molecule has 2 N–H and O–H groups in total. The van der Waals surface area contributed by atoms with Crippen molar-refractivity contribution in [1.29, 1.82) is 0 Å². The van der Waals surface area contributed by atoms with Crippen LogP contribution in [0, 0.1) is 0 Å². The van der Waals surface area contributed by atoms with E-state index in [0.29, 0.717) is 16.2 Å². The third-order valence-electron chi connectivity index (χ3n) is 2.32. The number of nitrogens with two attached hydrogens (primary N) is 1. The Hall–Kier alpha value is -0.495. The molecule has 0 saturated heterocycles. The quantitative estimate of drug-likeness (QED) is 0.332. The maximum Gasteiger partial charge on any atom is 0.146 e. The van der Waals surface area contributed by atoms with Gasteiger partial charge in [0.2, 0.25) is 0 Å². The van der Waals surface area contributed by atoms with Gasteiger partial charge in [0.1, 0.15) is 5.95 Å². The number of nitrogen functional groups attached to an aromatic ring is 1. The van der Waals surface area contributed by atoms with Crippen LogP contribution in [0.1, 0.15) is 32.6 Å². The van der Waals surface area contributed by atoms with Crippen molar-refractivity contribution < 1.29 is 26.1 Å². The van der Waals surface area contributed by atoms with E-state index in [0.717, 1.165) is 26.1 Å². The Morgan fingerprint density at radius 1 is 1.33 bits per heavy atom. The van der Waals surface area contributed by atoms with Crippen molar-refractivity contribution in [1.82, 2.24) is 19.9 Å². The fraction of sp³-hybridized carbons (Fsp3) is 0.545. The molecule has 0 radical (unpaired) electrons. The predicted molar refractivity (Wildman–Crippen MR) is 69.6 cm³/mol. The van der Waals surface area contributed by atoms with Gasteiger partial charge in [0.25, 0.3) is 0 Å². The van der Waals surface area contributed by atoms with Crippen molar-refractivity contribution in [2.24, 2.45) is 0 Å². The summed E-state index contributed by atoms with van der Waals surface area (Å²) in [7, 11) is 0. The summed E-state index contributed by atoms with van der Waals surface area (Å²) in [6.07, 6.45) is 7.22. The van der Waals surface area contributed by atoms with E-state index in [2.05, 4.69) is 26.9 Å². The van der Waals surface area contributed by atoms with Crippen LogP contribution in [0.3, 0.4) is 0 Å². The number of hydrogen-bond donors (Lipinski definition) is 1. The van der Waals surface area contributed by atoms with Gasteiger partial charge in [-0.15, -0.1) is 0 Å². The Kier molecular flexibility index (Phi) is 7.42. The molecule has 0 aliphatic carbocycles. The molecule has 5 nitrogen and oxygen atoms in total. The number of hydrogen-bond acceptors (Lipinski definition) is 5. The number of aromatic nitrogens is 4. The summed E-state index contributed by atoms with van der Waals surface area (Å²) in [5, 5.41) is 0.352. The van der Waals surface area contributed by atoms with Crippen LogP contribution in [0.15, 0.2) is 11.4 Å². The summed E-state index contributed by atoms with van der Waals surface area (Å²) in [5.41, 5.74) is 6.32. The summed E-state index contributed by atoms with van der Waals surface area (Å²) in [5.74, 6) is 0.142. The molecular weight excluding hydrogens is 435 g/mol. The standard InChI is InChI=1S/C6H13.C5H4N5S.Hg/c1-3-5-6-4-2;6-5-9-3-2(4(11)10-5)7-1-8-3;/h1,3-6H2,2H3;1H,(H3-,6,7,8,9,10,11);/q;-1;/p-1. The molecular formula is C11H16HgN5S-2. The van der Waals surface area contributed by atoms with Crippen LogP contribution in [0.5, 0.6) is 0 Å². The van der Waals surface area contributed by atoms with Gasteiger partial charge in [0.05, 0.1) is 0 Å². The SMILES string of the molecule is CCCCC[CH2][Hg].Nc1nc([S-])c2nc[n-]c2n1. The largest absolute Gasteiger partial charge is 0.759 e. The third-order valence-corrected chi connectivity index (χ3v) is 4.55. The molecule has 7 heteroatoms. The molecule has 0 unspecified atom stereocenters. The van der Waals surface area contributed by atoms with Crippen molar-refractivity contribution >= 4 is 29.7 Å². The molecule has 0 bridgehead atoms. The Morgan fingerprint density at radius 2 is 2.11 bits per heavy atom. The number of nitrogens with zero attached hydrogens (tertiary/aromatic N) is 4. The van der Waals surface area contributed by atoms with E-state index >= 15 is 0 Å². The van der Waals surface area contributed by atoms with E-state index < -0.39 is 0 Å². The van der Waals surface area contributed by atoms with Gasteiger partial charge in [-0.05, 0) is 6.33 Å². The average Bonchev–Trinajstić information content (AvgIpc) is 2.79. The Balaban J connectivity index is 0.000000203. The maximum absolute atomic E-state index is 5.33. The second kappa shape index (κ2) is 8.58. The van der Waals surface area contributed by atoms with Gasteiger partial charge >= 0.3 is 62.7 Å². The molecule has 2 aromatic rings. The molecule has 18 heavy (non-hydrogen) atoms. The molecule has 0 aromatic carbocycles. The van der Waals surface area contributed by atoms with Crippen molar-refractivity contribution in [3.63, 3.8) is 0 Å². The van der Waals surface area contributed by atoms with E-state index in [9.17, 15) is 0 Å². The predicted octanol–water partition coefficient (Wildman–Crippen LogP) is 2.00. The number of anilines is 1. The van der Waals surface area contributed by atoms with Crippen molar-refractivity contribution in [2.45, 2.75) is 41.6 Å². The van der Waals surface area contributed by atoms with Gasteiger partial charge in [-0.3, -0.25) is 4.98 Å². The fourth-order valence-electron chi connectivity index (χ4n) is 1.39. The summed E-state index contributed by atoms with van der Waals surface area (Å²) in [6, 6.07) is 0. The van der Waals surface area contributed by atoms with Gasteiger partial charge in [-0.1, -0.05) is 5.03 Å².